The lowest BCUT2D eigenvalue weighted by Crippen LogP contribution is -2.16. The molecule has 1 aromatic carbocycles. The number of anilines is 1. The van der Waals surface area contributed by atoms with Gasteiger partial charge in [-0.15, -0.1) is 0 Å². The Morgan fingerprint density at radius 2 is 2.15 bits per heavy atom. The van der Waals surface area contributed by atoms with Gasteiger partial charge < -0.3 is 5.11 Å². The van der Waals surface area contributed by atoms with Crippen LogP contribution in [0.5, 0.6) is 0 Å². The molecule has 3 N–H and O–H groups in total. The SMILES string of the molecule is Cn1[nH]c(NC(=O)O)c(Cc2cccc(Cl)c2Cl)c1=O. The molecule has 0 unspecified atom stereocenters. The van der Waals surface area contributed by atoms with E-state index in [0.29, 0.717) is 15.6 Å². The van der Waals surface area contributed by atoms with E-state index in [1.54, 1.807) is 18.2 Å². The molecule has 0 spiro atoms. The molecule has 1 heterocycles. The molecular weight excluding hydrogens is 305 g/mol. The van der Waals surface area contributed by atoms with Gasteiger partial charge in [-0.25, -0.2) is 4.79 Å². The van der Waals surface area contributed by atoms with Crippen LogP contribution in [-0.2, 0) is 13.5 Å². The maximum Gasteiger partial charge on any atom is 0.410 e. The summed E-state index contributed by atoms with van der Waals surface area (Å²) in [5.74, 6) is 0.126. The normalized spacial score (nSPS) is 10.6. The average Bonchev–Trinajstić information content (AvgIpc) is 2.62. The number of aromatic nitrogens is 2. The maximum atomic E-state index is 12.0. The van der Waals surface area contributed by atoms with E-state index in [2.05, 4.69) is 10.4 Å². The summed E-state index contributed by atoms with van der Waals surface area (Å²) in [6.45, 7) is 0. The van der Waals surface area contributed by atoms with Crippen molar-refractivity contribution in [2.45, 2.75) is 6.42 Å². The summed E-state index contributed by atoms with van der Waals surface area (Å²) in [4.78, 5) is 22.7. The number of rotatable bonds is 3. The van der Waals surface area contributed by atoms with Crippen LogP contribution >= 0.6 is 23.2 Å². The van der Waals surface area contributed by atoms with Crippen molar-refractivity contribution in [3.8, 4) is 0 Å². The molecule has 0 atom stereocenters. The lowest BCUT2D eigenvalue weighted by Gasteiger charge is -2.05. The maximum absolute atomic E-state index is 12.0. The van der Waals surface area contributed by atoms with Gasteiger partial charge in [0, 0.05) is 13.5 Å². The van der Waals surface area contributed by atoms with Gasteiger partial charge in [0.05, 0.1) is 15.6 Å². The van der Waals surface area contributed by atoms with Gasteiger partial charge in [-0.3, -0.25) is 19.9 Å². The molecule has 0 aliphatic heterocycles. The zero-order chi connectivity index (χ0) is 14.9. The first kappa shape index (κ1) is 14.5. The average molecular weight is 316 g/mol. The summed E-state index contributed by atoms with van der Waals surface area (Å²) in [6.07, 6.45) is -1.09. The predicted molar refractivity (Wildman–Crippen MR) is 76.9 cm³/mol. The monoisotopic (exact) mass is 315 g/mol. The van der Waals surface area contributed by atoms with Crippen LogP contribution in [0.1, 0.15) is 11.1 Å². The molecule has 0 radical (unpaired) electrons. The Labute approximate surface area is 123 Å². The van der Waals surface area contributed by atoms with E-state index in [4.69, 9.17) is 28.3 Å². The summed E-state index contributed by atoms with van der Waals surface area (Å²) in [7, 11) is 1.50. The van der Waals surface area contributed by atoms with Crippen LogP contribution in [0.3, 0.4) is 0 Å². The minimum atomic E-state index is -1.26. The summed E-state index contributed by atoms with van der Waals surface area (Å²) < 4.78 is 1.19. The quantitative estimate of drug-likeness (QED) is 0.813. The molecule has 0 aliphatic carbocycles. The van der Waals surface area contributed by atoms with Crippen LogP contribution < -0.4 is 10.9 Å². The van der Waals surface area contributed by atoms with Crippen molar-refractivity contribution in [1.82, 2.24) is 9.78 Å². The highest BCUT2D eigenvalue weighted by atomic mass is 35.5. The standard InChI is InChI=1S/C12H11Cl2N3O3/c1-17-11(18)7(10(16-17)15-12(19)20)5-6-3-2-4-8(13)9(6)14/h2-4,15-16H,5H2,1H3,(H,19,20). The smallest absolute Gasteiger partial charge is 0.410 e. The fraction of sp³-hybridized carbons (Fsp3) is 0.167. The van der Waals surface area contributed by atoms with Gasteiger partial charge in [-0.2, -0.15) is 0 Å². The molecular formula is C12H11Cl2N3O3. The van der Waals surface area contributed by atoms with Gasteiger partial charge in [0.2, 0.25) is 0 Å². The number of nitrogens with one attached hydrogen (secondary N) is 2. The van der Waals surface area contributed by atoms with Crippen molar-refractivity contribution >= 4 is 35.1 Å². The first-order chi connectivity index (χ1) is 9.40. The fourth-order valence-corrected chi connectivity index (χ4v) is 2.23. The highest BCUT2D eigenvalue weighted by molar-refractivity contribution is 6.42. The zero-order valence-corrected chi connectivity index (χ0v) is 11.9. The predicted octanol–water partition coefficient (Wildman–Crippen LogP) is 2.70. The number of aryl methyl sites for hydroxylation is 1. The van der Waals surface area contributed by atoms with Gasteiger partial charge in [0.25, 0.3) is 5.56 Å². The van der Waals surface area contributed by atoms with Crippen molar-refractivity contribution in [2.75, 3.05) is 5.32 Å². The second kappa shape index (κ2) is 5.60. The topological polar surface area (TPSA) is 87.1 Å². The van der Waals surface area contributed by atoms with E-state index >= 15 is 0 Å². The highest BCUT2D eigenvalue weighted by Crippen LogP contribution is 2.27. The molecule has 0 aliphatic rings. The van der Waals surface area contributed by atoms with E-state index in [1.807, 2.05) is 0 Å². The third-order valence-electron chi connectivity index (χ3n) is 2.77. The Balaban J connectivity index is 2.45. The lowest BCUT2D eigenvalue weighted by molar-refractivity contribution is 0.209. The van der Waals surface area contributed by atoms with Gasteiger partial charge in [-0.05, 0) is 11.6 Å². The van der Waals surface area contributed by atoms with Gasteiger partial charge >= 0.3 is 6.09 Å². The third-order valence-corrected chi connectivity index (χ3v) is 3.63. The Hall–Kier alpha value is -1.92. The van der Waals surface area contributed by atoms with E-state index in [9.17, 15) is 9.59 Å². The van der Waals surface area contributed by atoms with Crippen LogP contribution in [0.15, 0.2) is 23.0 Å². The van der Waals surface area contributed by atoms with Crippen molar-refractivity contribution in [3.05, 3.63) is 49.7 Å². The molecule has 2 rings (SSSR count). The molecule has 2 aromatic rings. The first-order valence-corrected chi connectivity index (χ1v) is 6.36. The minimum absolute atomic E-state index is 0.126. The summed E-state index contributed by atoms with van der Waals surface area (Å²) in [5.41, 5.74) is 0.591. The summed E-state index contributed by atoms with van der Waals surface area (Å²) in [6, 6.07) is 5.08. The number of benzene rings is 1. The molecule has 0 bridgehead atoms. The van der Waals surface area contributed by atoms with Gasteiger partial charge in [0.15, 0.2) is 0 Å². The van der Waals surface area contributed by atoms with Crippen LogP contribution in [-0.4, -0.2) is 21.0 Å². The van der Waals surface area contributed by atoms with E-state index in [-0.39, 0.29) is 23.4 Å². The first-order valence-electron chi connectivity index (χ1n) is 5.61. The van der Waals surface area contributed by atoms with E-state index < -0.39 is 6.09 Å². The molecule has 0 saturated heterocycles. The number of hydrogen-bond donors (Lipinski definition) is 3. The van der Waals surface area contributed by atoms with E-state index in [1.165, 1.54) is 11.7 Å². The third kappa shape index (κ3) is 2.81. The fourth-order valence-electron chi connectivity index (χ4n) is 1.85. The number of nitrogens with zero attached hydrogens (tertiary/aromatic N) is 1. The molecule has 0 fully saturated rings. The molecule has 6 nitrogen and oxygen atoms in total. The molecule has 1 amide bonds. The molecule has 0 saturated carbocycles. The number of carbonyl (C=O) groups is 1. The minimum Gasteiger partial charge on any atom is -0.465 e. The number of carboxylic acid groups (broad SMARTS) is 1. The van der Waals surface area contributed by atoms with Crippen molar-refractivity contribution in [3.63, 3.8) is 0 Å². The molecule has 1 aromatic heterocycles. The largest absolute Gasteiger partial charge is 0.465 e. The molecule has 106 valence electrons. The Morgan fingerprint density at radius 1 is 1.45 bits per heavy atom. The van der Waals surface area contributed by atoms with Crippen molar-refractivity contribution in [2.24, 2.45) is 7.05 Å². The number of hydrogen-bond acceptors (Lipinski definition) is 2. The van der Waals surface area contributed by atoms with Crippen LogP contribution in [0, 0.1) is 0 Å². The number of amides is 1. The summed E-state index contributed by atoms with van der Waals surface area (Å²) >= 11 is 12.0. The zero-order valence-electron chi connectivity index (χ0n) is 10.4. The Bertz CT molecular complexity index is 721. The highest BCUT2D eigenvalue weighted by Gasteiger charge is 2.16. The second-order valence-electron chi connectivity index (χ2n) is 4.15. The van der Waals surface area contributed by atoms with Crippen LogP contribution in [0.25, 0.3) is 0 Å². The number of H-pyrrole nitrogens is 1. The number of aromatic amines is 1. The second-order valence-corrected chi connectivity index (χ2v) is 4.93. The van der Waals surface area contributed by atoms with E-state index in [0.717, 1.165) is 0 Å². The number of halogens is 2. The molecule has 8 heteroatoms. The van der Waals surface area contributed by atoms with Gasteiger partial charge in [-0.1, -0.05) is 35.3 Å². The van der Waals surface area contributed by atoms with Crippen molar-refractivity contribution in [1.29, 1.82) is 0 Å². The van der Waals surface area contributed by atoms with Crippen molar-refractivity contribution < 1.29 is 9.90 Å². The summed E-state index contributed by atoms with van der Waals surface area (Å²) in [5, 5.41) is 14.3. The van der Waals surface area contributed by atoms with Crippen LogP contribution in [0.4, 0.5) is 10.6 Å². The Kier molecular flexibility index (Phi) is 4.06. The molecule has 20 heavy (non-hydrogen) atoms. The Morgan fingerprint density at radius 3 is 2.80 bits per heavy atom. The lowest BCUT2D eigenvalue weighted by atomic mass is 10.1. The van der Waals surface area contributed by atoms with Gasteiger partial charge in [0.1, 0.15) is 5.82 Å². The van der Waals surface area contributed by atoms with Crippen LogP contribution in [0.2, 0.25) is 10.0 Å².